The molecule has 0 spiro atoms. The number of sulfonamides is 1. The average Bonchev–Trinajstić information content (AvgIpc) is 2.86. The van der Waals surface area contributed by atoms with Crippen LogP contribution >= 0.6 is 11.3 Å². The Morgan fingerprint density at radius 2 is 2.05 bits per heavy atom. The van der Waals surface area contributed by atoms with Crippen LogP contribution in [-0.2, 0) is 19.6 Å². The zero-order valence-corrected chi connectivity index (χ0v) is 13.5. The summed E-state index contributed by atoms with van der Waals surface area (Å²) in [4.78, 5) is 22.4. The van der Waals surface area contributed by atoms with Gasteiger partial charge in [-0.3, -0.25) is 4.79 Å². The Hall–Kier alpha value is -1.45. The summed E-state index contributed by atoms with van der Waals surface area (Å²) in [5.41, 5.74) is 0.110. The number of nitrogens with one attached hydrogen (secondary N) is 1. The van der Waals surface area contributed by atoms with Crippen molar-refractivity contribution in [3.8, 4) is 0 Å². The van der Waals surface area contributed by atoms with Gasteiger partial charge in [0.05, 0.1) is 12.7 Å². The number of hydrogen-bond acceptors (Lipinski definition) is 6. The second-order valence-corrected chi connectivity index (χ2v) is 7.64. The number of carboxylic acids is 1. The van der Waals surface area contributed by atoms with E-state index in [0.29, 0.717) is 0 Å². The van der Waals surface area contributed by atoms with Gasteiger partial charge in [0.2, 0.25) is 0 Å². The Morgan fingerprint density at radius 3 is 2.52 bits per heavy atom. The molecule has 0 saturated carbocycles. The Labute approximate surface area is 127 Å². The van der Waals surface area contributed by atoms with E-state index in [-0.39, 0.29) is 22.1 Å². The van der Waals surface area contributed by atoms with Crippen LogP contribution < -0.4 is 4.72 Å². The molecule has 0 aromatic carbocycles. The van der Waals surface area contributed by atoms with Gasteiger partial charge < -0.3 is 9.84 Å². The number of carbonyl (C=O) groups excluding carboxylic acids is 1. The quantitative estimate of drug-likeness (QED) is 0.727. The monoisotopic (exact) mass is 335 g/mol. The summed E-state index contributed by atoms with van der Waals surface area (Å²) in [5, 5.41) is 10.4. The third kappa shape index (κ3) is 4.80. The molecule has 21 heavy (non-hydrogen) atoms. The topological polar surface area (TPSA) is 110 Å². The van der Waals surface area contributed by atoms with Crippen LogP contribution in [0.3, 0.4) is 0 Å². The lowest BCUT2D eigenvalue weighted by atomic mass is 10.1. The molecule has 1 aromatic heterocycles. The van der Waals surface area contributed by atoms with Gasteiger partial charge >= 0.3 is 11.9 Å². The van der Waals surface area contributed by atoms with E-state index in [1.807, 2.05) is 0 Å². The number of ether oxygens (including phenoxy) is 1. The third-order valence-electron chi connectivity index (χ3n) is 2.56. The van der Waals surface area contributed by atoms with Crippen LogP contribution in [0.2, 0.25) is 0 Å². The number of thiophene rings is 1. The van der Waals surface area contributed by atoms with Gasteiger partial charge in [0.25, 0.3) is 10.0 Å². The third-order valence-corrected chi connectivity index (χ3v) is 5.48. The van der Waals surface area contributed by atoms with Crippen molar-refractivity contribution in [2.75, 3.05) is 7.11 Å². The first-order valence-electron chi connectivity index (χ1n) is 6.09. The number of esters is 1. The maximum absolute atomic E-state index is 12.1. The van der Waals surface area contributed by atoms with Gasteiger partial charge in [0.1, 0.15) is 10.3 Å². The lowest BCUT2D eigenvalue weighted by Crippen LogP contribution is -2.41. The van der Waals surface area contributed by atoms with E-state index < -0.39 is 28.0 Å². The highest BCUT2D eigenvalue weighted by atomic mass is 32.2. The van der Waals surface area contributed by atoms with Crippen LogP contribution in [0.25, 0.3) is 0 Å². The molecule has 0 radical (unpaired) electrons. The van der Waals surface area contributed by atoms with Crippen molar-refractivity contribution in [3.63, 3.8) is 0 Å². The molecule has 0 aliphatic heterocycles. The maximum atomic E-state index is 12.1. The van der Waals surface area contributed by atoms with Gasteiger partial charge in [-0.25, -0.2) is 13.2 Å². The molecule has 1 atom stereocenters. The van der Waals surface area contributed by atoms with Crippen LogP contribution in [0.5, 0.6) is 0 Å². The lowest BCUT2D eigenvalue weighted by Gasteiger charge is -2.15. The first-order chi connectivity index (χ1) is 9.67. The molecule has 9 heteroatoms. The van der Waals surface area contributed by atoms with Crippen LogP contribution in [0, 0.1) is 5.92 Å². The minimum atomic E-state index is -3.99. The molecule has 118 valence electrons. The van der Waals surface area contributed by atoms with E-state index in [9.17, 15) is 18.0 Å². The Bertz CT molecular complexity index is 619. The van der Waals surface area contributed by atoms with Crippen LogP contribution in [0.1, 0.15) is 30.6 Å². The maximum Gasteiger partial charge on any atom is 0.338 e. The molecule has 0 aliphatic carbocycles. The molecule has 0 aliphatic rings. The fraction of sp³-hybridized carbons (Fsp3) is 0.500. The van der Waals surface area contributed by atoms with Crippen molar-refractivity contribution < 1.29 is 27.9 Å². The van der Waals surface area contributed by atoms with Crippen LogP contribution in [-0.4, -0.2) is 38.6 Å². The number of aliphatic carboxylic acids is 1. The van der Waals surface area contributed by atoms with Crippen molar-refractivity contribution in [3.05, 3.63) is 17.0 Å². The van der Waals surface area contributed by atoms with Gasteiger partial charge in [-0.2, -0.15) is 4.72 Å². The minimum absolute atomic E-state index is 0.0164. The molecule has 0 bridgehead atoms. The largest absolute Gasteiger partial charge is 0.480 e. The normalized spacial score (nSPS) is 13.1. The molecule has 1 unspecified atom stereocenters. The van der Waals surface area contributed by atoms with Crippen LogP contribution in [0.4, 0.5) is 0 Å². The van der Waals surface area contributed by atoms with E-state index in [0.717, 1.165) is 17.4 Å². The van der Waals surface area contributed by atoms with Crippen molar-refractivity contribution in [1.82, 2.24) is 4.72 Å². The number of carbonyl (C=O) groups is 2. The Balaban J connectivity index is 2.97. The first kappa shape index (κ1) is 17.6. The standard InChI is InChI=1S/C12H17NO6S2/c1-7(2)4-9(11(14)15)13-21(17,18)10-5-8(6-20-10)12(16)19-3/h5-7,9,13H,4H2,1-3H3,(H,14,15). The molecule has 0 fully saturated rings. The van der Waals surface area contributed by atoms with Gasteiger partial charge in [-0.1, -0.05) is 13.8 Å². The van der Waals surface area contributed by atoms with Gasteiger partial charge in [-0.15, -0.1) is 11.3 Å². The first-order valence-corrected chi connectivity index (χ1v) is 8.45. The number of hydrogen-bond donors (Lipinski definition) is 2. The fourth-order valence-electron chi connectivity index (χ4n) is 1.60. The fourth-order valence-corrected chi connectivity index (χ4v) is 3.97. The van der Waals surface area contributed by atoms with Gasteiger partial charge in [0.15, 0.2) is 0 Å². The summed E-state index contributed by atoms with van der Waals surface area (Å²) >= 11 is 0.829. The van der Waals surface area contributed by atoms with E-state index in [1.54, 1.807) is 13.8 Å². The van der Waals surface area contributed by atoms with Crippen LogP contribution in [0.15, 0.2) is 15.7 Å². The molecular formula is C12H17NO6S2. The predicted molar refractivity (Wildman–Crippen MR) is 76.9 cm³/mol. The van der Waals surface area contributed by atoms with E-state index in [2.05, 4.69) is 9.46 Å². The molecule has 0 amide bonds. The van der Waals surface area contributed by atoms with Gasteiger partial charge in [-0.05, 0) is 18.4 Å². The molecular weight excluding hydrogens is 318 g/mol. The highest BCUT2D eigenvalue weighted by Crippen LogP contribution is 2.21. The van der Waals surface area contributed by atoms with Crippen molar-refractivity contribution in [1.29, 1.82) is 0 Å². The lowest BCUT2D eigenvalue weighted by molar-refractivity contribution is -0.139. The number of rotatable bonds is 7. The second-order valence-electron chi connectivity index (χ2n) is 4.79. The SMILES string of the molecule is COC(=O)c1csc(S(=O)(=O)NC(CC(C)C)C(=O)O)c1. The smallest absolute Gasteiger partial charge is 0.338 e. The summed E-state index contributed by atoms with van der Waals surface area (Å²) in [6.07, 6.45) is 0.170. The Morgan fingerprint density at radius 1 is 1.43 bits per heavy atom. The Kier molecular flexibility index (Phi) is 5.87. The molecule has 2 N–H and O–H groups in total. The zero-order chi connectivity index (χ0) is 16.2. The summed E-state index contributed by atoms with van der Waals surface area (Å²) in [6.45, 7) is 3.59. The predicted octanol–water partition coefficient (Wildman–Crippen LogP) is 1.31. The highest BCUT2D eigenvalue weighted by molar-refractivity contribution is 7.91. The molecule has 0 saturated heterocycles. The number of methoxy groups -OCH3 is 1. The highest BCUT2D eigenvalue weighted by Gasteiger charge is 2.27. The van der Waals surface area contributed by atoms with Crippen molar-refractivity contribution in [2.45, 2.75) is 30.5 Å². The second kappa shape index (κ2) is 7.01. The summed E-state index contributed by atoms with van der Waals surface area (Å²) in [7, 11) is -2.80. The molecule has 1 rings (SSSR count). The molecule has 1 heterocycles. The van der Waals surface area contributed by atoms with Crippen molar-refractivity contribution >= 4 is 33.3 Å². The number of carboxylic acid groups (broad SMARTS) is 1. The van der Waals surface area contributed by atoms with Crippen molar-refractivity contribution in [2.24, 2.45) is 5.92 Å². The van der Waals surface area contributed by atoms with E-state index >= 15 is 0 Å². The summed E-state index contributed by atoms with van der Waals surface area (Å²) < 4.78 is 30.8. The van der Waals surface area contributed by atoms with E-state index in [4.69, 9.17) is 5.11 Å². The molecule has 7 nitrogen and oxygen atoms in total. The zero-order valence-electron chi connectivity index (χ0n) is 11.8. The summed E-state index contributed by atoms with van der Waals surface area (Å²) in [5.74, 6) is -1.87. The minimum Gasteiger partial charge on any atom is -0.480 e. The average molecular weight is 335 g/mol. The summed E-state index contributed by atoms with van der Waals surface area (Å²) in [6, 6.07) is -0.0497. The van der Waals surface area contributed by atoms with E-state index in [1.165, 1.54) is 12.5 Å². The molecule has 1 aromatic rings. The van der Waals surface area contributed by atoms with Gasteiger partial charge in [0, 0.05) is 5.38 Å².